The van der Waals surface area contributed by atoms with Crippen molar-refractivity contribution in [2.24, 2.45) is 17.8 Å². The molecule has 212 valence electrons. The Bertz CT molecular complexity index is 1410. The summed E-state index contributed by atoms with van der Waals surface area (Å²) in [4.78, 5) is 19.4. The monoisotopic (exact) mass is 553 g/mol. The molecule has 0 radical (unpaired) electrons. The second-order valence-electron chi connectivity index (χ2n) is 12.2. The van der Waals surface area contributed by atoms with Crippen LogP contribution in [0.1, 0.15) is 89.9 Å². The molecule has 0 amide bonds. The highest BCUT2D eigenvalue weighted by molar-refractivity contribution is 7.88. The van der Waals surface area contributed by atoms with Gasteiger partial charge in [-0.2, -0.15) is 0 Å². The molecule has 3 aromatic heterocycles. The SMILES string of the molecule is CC1CCC(Cn2c(-c3cc(C(C)C)ccn3)nc3nc(CNS(C)(=O)=O)nc(NC(C)C4CCC4)c32)CC1. The Hall–Kier alpha value is -2.59. The molecule has 39 heavy (non-hydrogen) atoms. The Morgan fingerprint density at radius 2 is 1.79 bits per heavy atom. The van der Waals surface area contributed by atoms with Gasteiger partial charge in [0.1, 0.15) is 17.0 Å². The van der Waals surface area contributed by atoms with Crippen molar-refractivity contribution in [2.45, 2.75) is 97.7 Å². The molecule has 2 fully saturated rings. The third-order valence-electron chi connectivity index (χ3n) is 8.62. The maximum Gasteiger partial charge on any atom is 0.209 e. The fourth-order valence-corrected chi connectivity index (χ4v) is 6.19. The minimum absolute atomic E-state index is 0.0189. The van der Waals surface area contributed by atoms with E-state index in [1.807, 2.05) is 6.20 Å². The van der Waals surface area contributed by atoms with Crippen molar-refractivity contribution < 1.29 is 8.42 Å². The lowest BCUT2D eigenvalue weighted by molar-refractivity contribution is 0.267. The zero-order valence-corrected chi connectivity index (χ0v) is 24.8. The highest BCUT2D eigenvalue weighted by Crippen LogP contribution is 2.36. The van der Waals surface area contributed by atoms with E-state index in [0.717, 1.165) is 41.6 Å². The first-order valence-corrected chi connectivity index (χ1v) is 16.4. The third kappa shape index (κ3) is 6.60. The minimum Gasteiger partial charge on any atom is -0.365 e. The quantitative estimate of drug-likeness (QED) is 0.341. The Morgan fingerprint density at radius 3 is 2.44 bits per heavy atom. The van der Waals surface area contributed by atoms with E-state index in [-0.39, 0.29) is 12.6 Å². The van der Waals surface area contributed by atoms with Crippen molar-refractivity contribution in [2.75, 3.05) is 11.6 Å². The first-order valence-electron chi connectivity index (χ1n) is 14.5. The number of fused-ring (bicyclic) bond motifs is 1. The summed E-state index contributed by atoms with van der Waals surface area (Å²) < 4.78 is 28.5. The molecular weight excluding hydrogens is 510 g/mol. The molecule has 9 nitrogen and oxygen atoms in total. The average Bonchev–Trinajstić information content (AvgIpc) is 3.21. The van der Waals surface area contributed by atoms with Gasteiger partial charge in [-0.3, -0.25) is 4.98 Å². The molecule has 2 saturated carbocycles. The second-order valence-corrected chi connectivity index (χ2v) is 14.0. The summed E-state index contributed by atoms with van der Waals surface area (Å²) in [6, 6.07) is 4.44. The maximum absolute atomic E-state index is 11.8. The number of aromatic nitrogens is 5. The van der Waals surface area contributed by atoms with Crippen LogP contribution in [0.2, 0.25) is 0 Å². The molecule has 0 aromatic carbocycles. The molecule has 1 unspecified atom stereocenters. The number of pyridine rings is 1. The van der Waals surface area contributed by atoms with Crippen LogP contribution in [-0.4, -0.2) is 45.2 Å². The van der Waals surface area contributed by atoms with Crippen molar-refractivity contribution in [1.82, 2.24) is 29.2 Å². The van der Waals surface area contributed by atoms with E-state index in [2.05, 4.69) is 54.4 Å². The van der Waals surface area contributed by atoms with E-state index >= 15 is 0 Å². The van der Waals surface area contributed by atoms with Crippen LogP contribution in [0.15, 0.2) is 18.3 Å². The Labute approximate surface area is 232 Å². The molecule has 3 aromatic rings. The van der Waals surface area contributed by atoms with Crippen LogP contribution < -0.4 is 10.0 Å². The molecule has 2 N–H and O–H groups in total. The Morgan fingerprint density at radius 1 is 1.05 bits per heavy atom. The predicted molar refractivity (Wildman–Crippen MR) is 156 cm³/mol. The van der Waals surface area contributed by atoms with E-state index in [1.165, 1.54) is 50.5 Å². The summed E-state index contributed by atoms with van der Waals surface area (Å²) in [5, 5.41) is 3.69. The molecule has 1 atom stereocenters. The van der Waals surface area contributed by atoms with Gasteiger partial charge >= 0.3 is 0 Å². The van der Waals surface area contributed by atoms with Crippen molar-refractivity contribution in [3.05, 3.63) is 29.7 Å². The standard InChI is InChI=1S/C29H43N7O2S/c1-18(2)23-13-14-30-24(15-23)29-35-28-26(36(29)17-21-11-9-19(3)10-12-21)27(32-20(4)22-7-6-8-22)33-25(34-28)16-31-39(5,37)38/h13-15,18-22,31H,6-12,16-17H2,1-5H3,(H,32,33,34). The molecular formula is C29H43N7O2S. The summed E-state index contributed by atoms with van der Waals surface area (Å²) in [5.41, 5.74) is 3.51. The second kappa shape index (κ2) is 11.5. The smallest absolute Gasteiger partial charge is 0.209 e. The van der Waals surface area contributed by atoms with E-state index in [9.17, 15) is 8.42 Å². The van der Waals surface area contributed by atoms with Crippen LogP contribution in [0, 0.1) is 17.8 Å². The van der Waals surface area contributed by atoms with Gasteiger partial charge in [-0.1, -0.05) is 40.0 Å². The van der Waals surface area contributed by atoms with Gasteiger partial charge in [0.25, 0.3) is 0 Å². The molecule has 0 saturated heterocycles. The first kappa shape index (κ1) is 28.0. The molecule has 0 spiro atoms. The number of hydrogen-bond acceptors (Lipinski definition) is 7. The topological polar surface area (TPSA) is 115 Å². The van der Waals surface area contributed by atoms with Crippen LogP contribution in [-0.2, 0) is 23.1 Å². The Kier molecular flexibility index (Phi) is 8.24. The van der Waals surface area contributed by atoms with Gasteiger partial charge in [-0.25, -0.2) is 28.1 Å². The van der Waals surface area contributed by atoms with Crippen molar-refractivity contribution >= 4 is 27.0 Å². The summed E-state index contributed by atoms with van der Waals surface area (Å²) in [5.74, 6) is 4.24. The van der Waals surface area contributed by atoms with Gasteiger partial charge in [0.2, 0.25) is 10.0 Å². The zero-order chi connectivity index (χ0) is 27.7. The third-order valence-corrected chi connectivity index (χ3v) is 9.29. The minimum atomic E-state index is -3.39. The lowest BCUT2D eigenvalue weighted by Gasteiger charge is -2.32. The van der Waals surface area contributed by atoms with E-state index in [1.54, 1.807) is 0 Å². The summed E-state index contributed by atoms with van der Waals surface area (Å²) in [6.45, 7) is 9.78. The average molecular weight is 554 g/mol. The Balaban J connectivity index is 1.64. The number of nitrogens with one attached hydrogen (secondary N) is 2. The number of anilines is 1. The fraction of sp³-hybridized carbons (Fsp3) is 0.655. The zero-order valence-electron chi connectivity index (χ0n) is 23.9. The highest BCUT2D eigenvalue weighted by atomic mass is 32.2. The number of hydrogen-bond donors (Lipinski definition) is 2. The number of rotatable bonds is 10. The van der Waals surface area contributed by atoms with Crippen molar-refractivity contribution in [3.63, 3.8) is 0 Å². The molecule has 2 aliphatic rings. The molecule has 5 rings (SSSR count). The van der Waals surface area contributed by atoms with Gasteiger partial charge in [0.05, 0.1) is 12.8 Å². The maximum atomic E-state index is 11.8. The fourth-order valence-electron chi connectivity index (χ4n) is 5.80. The first-order chi connectivity index (χ1) is 18.6. The normalized spacial score (nSPS) is 21.3. The van der Waals surface area contributed by atoms with Gasteiger partial charge in [-0.05, 0) is 74.0 Å². The largest absolute Gasteiger partial charge is 0.365 e. The van der Waals surface area contributed by atoms with E-state index in [0.29, 0.717) is 29.2 Å². The summed E-state index contributed by atoms with van der Waals surface area (Å²) in [6.07, 6.45) is 11.6. The van der Waals surface area contributed by atoms with Crippen LogP contribution >= 0.6 is 0 Å². The van der Waals surface area contributed by atoms with Crippen LogP contribution in [0.5, 0.6) is 0 Å². The molecule has 3 heterocycles. The van der Waals surface area contributed by atoms with Crippen molar-refractivity contribution in [1.29, 1.82) is 0 Å². The van der Waals surface area contributed by atoms with Crippen LogP contribution in [0.4, 0.5) is 5.82 Å². The van der Waals surface area contributed by atoms with Crippen LogP contribution in [0.3, 0.4) is 0 Å². The predicted octanol–water partition coefficient (Wildman–Crippen LogP) is 5.49. The van der Waals surface area contributed by atoms with E-state index in [4.69, 9.17) is 19.9 Å². The molecule has 10 heteroatoms. The number of sulfonamides is 1. The molecule has 0 bridgehead atoms. The number of imidazole rings is 1. The van der Waals surface area contributed by atoms with Crippen LogP contribution in [0.25, 0.3) is 22.7 Å². The lowest BCUT2D eigenvalue weighted by Crippen LogP contribution is -2.32. The summed E-state index contributed by atoms with van der Waals surface area (Å²) >= 11 is 0. The van der Waals surface area contributed by atoms with Gasteiger partial charge in [-0.15, -0.1) is 0 Å². The lowest BCUT2D eigenvalue weighted by atomic mass is 9.80. The van der Waals surface area contributed by atoms with Gasteiger partial charge in [0.15, 0.2) is 17.3 Å². The van der Waals surface area contributed by atoms with Crippen molar-refractivity contribution in [3.8, 4) is 11.5 Å². The van der Waals surface area contributed by atoms with Gasteiger partial charge in [0, 0.05) is 18.8 Å². The van der Waals surface area contributed by atoms with Gasteiger partial charge < -0.3 is 9.88 Å². The highest BCUT2D eigenvalue weighted by Gasteiger charge is 2.28. The number of nitrogens with zero attached hydrogens (tertiary/aromatic N) is 5. The molecule has 0 aliphatic heterocycles. The molecule has 2 aliphatic carbocycles. The summed E-state index contributed by atoms with van der Waals surface area (Å²) in [7, 11) is -3.39. The van der Waals surface area contributed by atoms with E-state index < -0.39 is 10.0 Å².